The lowest BCUT2D eigenvalue weighted by Crippen LogP contribution is -2.46. The number of carbonyl (C=O) groups excluding carboxylic acids is 2. The molecule has 0 aliphatic carbocycles. The molecule has 130 valence electrons. The number of nitro groups is 1. The van der Waals surface area contributed by atoms with Crippen LogP contribution in [0.2, 0.25) is 0 Å². The van der Waals surface area contributed by atoms with Crippen LogP contribution in [0.3, 0.4) is 0 Å². The summed E-state index contributed by atoms with van der Waals surface area (Å²) < 4.78 is 0.972. The molecule has 2 amide bonds. The van der Waals surface area contributed by atoms with Crippen LogP contribution < -0.4 is 11.1 Å². The van der Waals surface area contributed by atoms with Crippen LogP contribution in [0.1, 0.15) is 11.1 Å². The summed E-state index contributed by atoms with van der Waals surface area (Å²) in [6, 6.07) is 12.5. The summed E-state index contributed by atoms with van der Waals surface area (Å²) in [5.41, 5.74) is 6.70. The number of benzene rings is 2. The molecule has 0 bridgehead atoms. The third-order valence-electron chi connectivity index (χ3n) is 3.55. The topological polar surface area (TPSA) is 115 Å². The first-order chi connectivity index (χ1) is 11.9. The normalized spacial score (nSPS) is 11.6. The van der Waals surface area contributed by atoms with E-state index in [-0.39, 0.29) is 18.5 Å². The lowest BCUT2D eigenvalue weighted by molar-refractivity contribution is -0.384. The number of nitro benzene ring substituents is 1. The van der Waals surface area contributed by atoms with E-state index >= 15 is 0 Å². The number of primary amides is 1. The number of halogens is 1. The van der Waals surface area contributed by atoms with E-state index in [1.54, 1.807) is 6.07 Å². The van der Waals surface area contributed by atoms with Crippen LogP contribution >= 0.6 is 22.6 Å². The number of rotatable bonds is 7. The molecule has 2 rings (SSSR count). The van der Waals surface area contributed by atoms with Crippen molar-refractivity contribution in [3.8, 4) is 0 Å². The van der Waals surface area contributed by atoms with Crippen molar-refractivity contribution >= 4 is 40.1 Å². The van der Waals surface area contributed by atoms with Crippen molar-refractivity contribution in [1.82, 2.24) is 5.32 Å². The summed E-state index contributed by atoms with van der Waals surface area (Å²) in [5.74, 6) is -1.05. The van der Waals surface area contributed by atoms with Crippen molar-refractivity contribution in [1.29, 1.82) is 0 Å². The Morgan fingerprint density at radius 2 is 1.92 bits per heavy atom. The Bertz CT molecular complexity index is 810. The van der Waals surface area contributed by atoms with Gasteiger partial charge in [0.15, 0.2) is 0 Å². The molecule has 0 saturated carbocycles. The van der Waals surface area contributed by atoms with Gasteiger partial charge in [0, 0.05) is 22.1 Å². The minimum atomic E-state index is -0.845. The van der Waals surface area contributed by atoms with Crippen LogP contribution in [0.5, 0.6) is 0 Å². The highest BCUT2D eigenvalue weighted by Gasteiger charge is 2.20. The van der Waals surface area contributed by atoms with Crippen LogP contribution in [-0.4, -0.2) is 22.8 Å². The van der Waals surface area contributed by atoms with E-state index in [0.29, 0.717) is 5.56 Å². The molecule has 7 nitrogen and oxygen atoms in total. The predicted octanol–water partition coefficient (Wildman–Crippen LogP) is 1.95. The van der Waals surface area contributed by atoms with Gasteiger partial charge in [0.1, 0.15) is 6.04 Å². The average molecular weight is 453 g/mol. The Morgan fingerprint density at radius 1 is 1.20 bits per heavy atom. The molecule has 2 aromatic rings. The molecule has 0 heterocycles. The van der Waals surface area contributed by atoms with Gasteiger partial charge in [-0.3, -0.25) is 19.7 Å². The Morgan fingerprint density at radius 3 is 2.56 bits per heavy atom. The van der Waals surface area contributed by atoms with Gasteiger partial charge >= 0.3 is 0 Å². The lowest BCUT2D eigenvalue weighted by Gasteiger charge is -2.16. The molecule has 2 aromatic carbocycles. The number of nitrogens with zero attached hydrogens (tertiary/aromatic N) is 1. The largest absolute Gasteiger partial charge is 0.368 e. The second kappa shape index (κ2) is 8.56. The molecule has 0 aliphatic heterocycles. The smallest absolute Gasteiger partial charge is 0.269 e. The second-order valence-corrected chi connectivity index (χ2v) is 6.58. The highest BCUT2D eigenvalue weighted by Crippen LogP contribution is 2.15. The molecule has 0 aromatic heterocycles. The molecule has 3 N–H and O–H groups in total. The quantitative estimate of drug-likeness (QED) is 0.379. The highest BCUT2D eigenvalue weighted by molar-refractivity contribution is 14.1. The van der Waals surface area contributed by atoms with Gasteiger partial charge in [-0.1, -0.05) is 30.3 Å². The molecule has 0 radical (unpaired) electrons. The van der Waals surface area contributed by atoms with E-state index in [2.05, 4.69) is 27.9 Å². The lowest BCUT2D eigenvalue weighted by atomic mass is 10.0. The maximum Gasteiger partial charge on any atom is 0.269 e. The van der Waals surface area contributed by atoms with Crippen LogP contribution in [-0.2, 0) is 22.4 Å². The summed E-state index contributed by atoms with van der Waals surface area (Å²) in [7, 11) is 0. The van der Waals surface area contributed by atoms with Crippen molar-refractivity contribution in [2.24, 2.45) is 5.73 Å². The SMILES string of the molecule is NC(=O)[C@@H](Cc1ccccc1I)NC(=O)Cc1cccc([N+](=O)[O-])c1. The molecular weight excluding hydrogens is 437 g/mol. The second-order valence-electron chi connectivity index (χ2n) is 5.42. The molecule has 0 fully saturated rings. The monoisotopic (exact) mass is 453 g/mol. The maximum absolute atomic E-state index is 12.2. The van der Waals surface area contributed by atoms with Crippen molar-refractivity contribution < 1.29 is 14.5 Å². The van der Waals surface area contributed by atoms with Gasteiger partial charge in [-0.25, -0.2) is 0 Å². The molecular formula is C17H16IN3O4. The number of carbonyl (C=O) groups is 2. The van der Waals surface area contributed by atoms with Gasteiger partial charge in [0.25, 0.3) is 5.69 Å². The first kappa shape index (κ1) is 18.8. The molecule has 0 spiro atoms. The minimum Gasteiger partial charge on any atom is -0.368 e. The molecule has 1 atom stereocenters. The number of nitrogens with one attached hydrogen (secondary N) is 1. The van der Waals surface area contributed by atoms with E-state index in [0.717, 1.165) is 9.13 Å². The van der Waals surface area contributed by atoms with Gasteiger partial charge < -0.3 is 11.1 Å². The summed E-state index contributed by atoms with van der Waals surface area (Å²) in [5, 5.41) is 13.4. The fourth-order valence-electron chi connectivity index (χ4n) is 2.32. The number of non-ortho nitro benzene ring substituents is 1. The average Bonchev–Trinajstić information content (AvgIpc) is 2.56. The Labute approximate surface area is 157 Å². The van der Waals surface area contributed by atoms with Gasteiger partial charge in [0.2, 0.25) is 11.8 Å². The van der Waals surface area contributed by atoms with Crippen LogP contribution in [0.25, 0.3) is 0 Å². The van der Waals surface area contributed by atoms with Gasteiger partial charge in [-0.2, -0.15) is 0 Å². The highest BCUT2D eigenvalue weighted by atomic mass is 127. The van der Waals surface area contributed by atoms with Crippen molar-refractivity contribution in [3.05, 3.63) is 73.3 Å². The number of nitrogens with two attached hydrogens (primary N) is 1. The van der Waals surface area contributed by atoms with Gasteiger partial charge in [-0.15, -0.1) is 0 Å². The van der Waals surface area contributed by atoms with Crippen molar-refractivity contribution in [2.45, 2.75) is 18.9 Å². The Kier molecular flexibility index (Phi) is 6.45. The fraction of sp³-hybridized carbons (Fsp3) is 0.176. The summed E-state index contributed by atoms with van der Waals surface area (Å²) in [4.78, 5) is 34.1. The third-order valence-corrected chi connectivity index (χ3v) is 4.60. The van der Waals surface area contributed by atoms with Crippen molar-refractivity contribution in [3.63, 3.8) is 0 Å². The summed E-state index contributed by atoms with van der Waals surface area (Å²) in [6.45, 7) is 0. The maximum atomic E-state index is 12.2. The van der Waals surface area contributed by atoms with E-state index < -0.39 is 22.8 Å². The number of amides is 2. The molecule has 25 heavy (non-hydrogen) atoms. The first-order valence-corrected chi connectivity index (χ1v) is 8.50. The number of hydrogen-bond donors (Lipinski definition) is 2. The standard InChI is InChI=1S/C17H16IN3O4/c18-14-7-2-1-5-12(14)10-15(17(19)23)20-16(22)9-11-4-3-6-13(8-11)21(24)25/h1-8,15H,9-10H2,(H2,19,23)(H,20,22)/t15-/m1/s1. The zero-order valence-electron chi connectivity index (χ0n) is 13.1. The van der Waals surface area contributed by atoms with Gasteiger partial charge in [-0.05, 0) is 39.8 Å². The van der Waals surface area contributed by atoms with Crippen LogP contribution in [0.4, 0.5) is 5.69 Å². The van der Waals surface area contributed by atoms with E-state index in [1.807, 2.05) is 24.3 Å². The Hall–Kier alpha value is -2.49. The Balaban J connectivity index is 2.05. The minimum absolute atomic E-state index is 0.0721. The molecule has 8 heteroatoms. The summed E-state index contributed by atoms with van der Waals surface area (Å²) >= 11 is 2.15. The fourth-order valence-corrected chi connectivity index (χ4v) is 2.92. The van der Waals surface area contributed by atoms with E-state index in [1.165, 1.54) is 18.2 Å². The third kappa shape index (κ3) is 5.52. The zero-order chi connectivity index (χ0) is 18.4. The van der Waals surface area contributed by atoms with E-state index in [4.69, 9.17) is 5.73 Å². The predicted molar refractivity (Wildman–Crippen MR) is 101 cm³/mol. The first-order valence-electron chi connectivity index (χ1n) is 7.42. The summed E-state index contributed by atoms with van der Waals surface area (Å²) in [6.07, 6.45) is 0.215. The van der Waals surface area contributed by atoms with Crippen molar-refractivity contribution in [2.75, 3.05) is 0 Å². The van der Waals surface area contributed by atoms with E-state index in [9.17, 15) is 19.7 Å². The van der Waals surface area contributed by atoms with Gasteiger partial charge in [0.05, 0.1) is 11.3 Å². The zero-order valence-corrected chi connectivity index (χ0v) is 15.3. The molecule has 0 aliphatic rings. The number of hydrogen-bond acceptors (Lipinski definition) is 4. The molecule has 0 saturated heterocycles. The molecule has 0 unspecified atom stereocenters. The van der Waals surface area contributed by atoms with Crippen LogP contribution in [0, 0.1) is 13.7 Å². The van der Waals surface area contributed by atoms with Crippen LogP contribution in [0.15, 0.2) is 48.5 Å².